The molecule has 1 amide bonds. The molecule has 7 heteroatoms. The topological polar surface area (TPSA) is 74.8 Å². The predicted molar refractivity (Wildman–Crippen MR) is 135 cm³/mol. The Balaban J connectivity index is 1.62. The molecule has 34 heavy (non-hydrogen) atoms. The molecule has 0 aliphatic carbocycles. The molecule has 0 saturated carbocycles. The number of carbonyl (C=O) groups excluding carboxylic acids is 1. The van der Waals surface area contributed by atoms with Gasteiger partial charge in [-0.1, -0.05) is 78.5 Å². The summed E-state index contributed by atoms with van der Waals surface area (Å²) in [5.74, 6) is 0.739. The molecular weight excluding hydrogens is 442 g/mol. The van der Waals surface area contributed by atoms with Crippen LogP contribution in [-0.4, -0.2) is 32.5 Å². The first-order valence-electron chi connectivity index (χ1n) is 11.1. The van der Waals surface area contributed by atoms with E-state index in [1.807, 2.05) is 90.4 Å². The van der Waals surface area contributed by atoms with Gasteiger partial charge in [-0.2, -0.15) is 5.26 Å². The molecular formula is C27H25N5OS. The number of carbonyl (C=O) groups is 1. The Labute approximate surface area is 203 Å². The number of para-hydroxylation sites is 2. The van der Waals surface area contributed by atoms with Crippen molar-refractivity contribution >= 4 is 23.4 Å². The summed E-state index contributed by atoms with van der Waals surface area (Å²) in [4.78, 5) is 15.1. The van der Waals surface area contributed by atoms with Crippen molar-refractivity contribution < 1.29 is 4.79 Å². The molecule has 1 atom stereocenters. The summed E-state index contributed by atoms with van der Waals surface area (Å²) in [6, 6.07) is 31.7. The van der Waals surface area contributed by atoms with Gasteiger partial charge in [-0.3, -0.25) is 9.36 Å². The van der Waals surface area contributed by atoms with Gasteiger partial charge in [-0.25, -0.2) is 0 Å². The van der Waals surface area contributed by atoms with Crippen molar-refractivity contribution in [1.29, 1.82) is 5.26 Å². The average Bonchev–Trinajstić information content (AvgIpc) is 3.27. The third-order valence-electron chi connectivity index (χ3n) is 5.33. The molecule has 0 aliphatic rings. The molecule has 3 aromatic carbocycles. The molecule has 1 heterocycles. The molecule has 6 nitrogen and oxygen atoms in total. The van der Waals surface area contributed by atoms with Crippen LogP contribution in [0.15, 0.2) is 96.2 Å². The van der Waals surface area contributed by atoms with Crippen LogP contribution in [0, 0.1) is 11.3 Å². The van der Waals surface area contributed by atoms with Gasteiger partial charge in [-0.05, 0) is 36.8 Å². The first kappa shape index (κ1) is 23.3. The Bertz CT molecular complexity index is 1250. The number of hydrogen-bond acceptors (Lipinski definition) is 5. The predicted octanol–water partition coefficient (Wildman–Crippen LogP) is 5.29. The van der Waals surface area contributed by atoms with Gasteiger partial charge in [0.1, 0.15) is 5.82 Å². The van der Waals surface area contributed by atoms with E-state index in [0.29, 0.717) is 18.1 Å². The lowest BCUT2D eigenvalue weighted by molar-refractivity contribution is -0.117. The average molecular weight is 468 g/mol. The van der Waals surface area contributed by atoms with Crippen LogP contribution in [0.5, 0.6) is 0 Å². The number of anilines is 1. The summed E-state index contributed by atoms with van der Waals surface area (Å²) in [5.41, 5.74) is 2.87. The Kier molecular flexibility index (Phi) is 7.74. The molecule has 4 rings (SSSR count). The number of thioether (sulfide) groups is 1. The van der Waals surface area contributed by atoms with E-state index in [2.05, 4.69) is 28.4 Å². The molecule has 0 bridgehead atoms. The maximum Gasteiger partial charge on any atom is 0.240 e. The molecule has 0 fully saturated rings. The van der Waals surface area contributed by atoms with E-state index in [9.17, 15) is 4.79 Å². The molecule has 0 N–H and O–H groups in total. The van der Waals surface area contributed by atoms with Gasteiger partial charge in [0.05, 0.1) is 17.7 Å². The van der Waals surface area contributed by atoms with Crippen LogP contribution >= 0.6 is 11.8 Å². The smallest absolute Gasteiger partial charge is 0.240 e. The van der Waals surface area contributed by atoms with Crippen molar-refractivity contribution in [2.45, 2.75) is 30.2 Å². The number of nitriles is 1. The van der Waals surface area contributed by atoms with Crippen molar-refractivity contribution in [3.05, 3.63) is 102 Å². The Hall–Kier alpha value is -3.89. The summed E-state index contributed by atoms with van der Waals surface area (Å²) in [6.07, 6.45) is 0.892. The van der Waals surface area contributed by atoms with Gasteiger partial charge >= 0.3 is 0 Å². The van der Waals surface area contributed by atoms with Gasteiger partial charge in [-0.15, -0.1) is 10.2 Å². The fourth-order valence-electron chi connectivity index (χ4n) is 3.67. The highest BCUT2D eigenvalue weighted by Gasteiger charge is 2.26. The fraction of sp³-hybridized carbons (Fsp3) is 0.185. The number of rotatable bonds is 9. The molecule has 0 radical (unpaired) electrons. The lowest BCUT2D eigenvalue weighted by Gasteiger charge is -2.25. The van der Waals surface area contributed by atoms with Crippen LogP contribution in [0.3, 0.4) is 0 Å². The van der Waals surface area contributed by atoms with Gasteiger partial charge in [0.25, 0.3) is 0 Å². The minimum absolute atomic E-state index is 0.0707. The lowest BCUT2D eigenvalue weighted by atomic mass is 10.1. The molecule has 0 saturated heterocycles. The quantitative estimate of drug-likeness (QED) is 0.313. The third kappa shape index (κ3) is 5.53. The molecule has 1 unspecified atom stereocenters. The number of hydrogen-bond donors (Lipinski definition) is 0. The summed E-state index contributed by atoms with van der Waals surface area (Å²) in [6.45, 7) is 2.21. The highest BCUT2D eigenvalue weighted by atomic mass is 32.2. The summed E-state index contributed by atoms with van der Waals surface area (Å²) < 4.78 is 2.02. The summed E-state index contributed by atoms with van der Waals surface area (Å²) >= 11 is 1.38. The van der Waals surface area contributed by atoms with E-state index < -0.39 is 5.25 Å². The van der Waals surface area contributed by atoms with E-state index in [1.54, 1.807) is 4.90 Å². The van der Waals surface area contributed by atoms with Crippen LogP contribution in [0.4, 0.5) is 5.69 Å². The van der Waals surface area contributed by atoms with Crippen LogP contribution in [-0.2, 0) is 11.2 Å². The standard InChI is InChI=1S/C27H25N5OS/c1-21(26(33)31(19-11-18-28)23-14-7-3-8-15-23)34-27-30-29-25(20-22-12-5-2-6-13-22)32(27)24-16-9-4-10-17-24/h2-10,12-17,21H,11,19-20H2,1H3. The van der Waals surface area contributed by atoms with Crippen molar-refractivity contribution in [1.82, 2.24) is 14.8 Å². The maximum atomic E-state index is 13.4. The molecule has 0 aliphatic heterocycles. The van der Waals surface area contributed by atoms with Gasteiger partial charge < -0.3 is 4.90 Å². The second-order valence-corrected chi connectivity index (χ2v) is 9.03. The van der Waals surface area contributed by atoms with Gasteiger partial charge in [0.15, 0.2) is 5.16 Å². The van der Waals surface area contributed by atoms with Crippen molar-refractivity contribution in [2.75, 3.05) is 11.4 Å². The van der Waals surface area contributed by atoms with E-state index in [1.165, 1.54) is 11.8 Å². The van der Waals surface area contributed by atoms with Crippen LogP contribution in [0.2, 0.25) is 0 Å². The highest BCUT2D eigenvalue weighted by molar-refractivity contribution is 8.00. The molecule has 1 aromatic heterocycles. The monoisotopic (exact) mass is 467 g/mol. The SMILES string of the molecule is CC(Sc1nnc(Cc2ccccc2)n1-c1ccccc1)C(=O)N(CCC#N)c1ccccc1. The normalized spacial score (nSPS) is 11.5. The number of amides is 1. The zero-order valence-corrected chi connectivity index (χ0v) is 19.7. The van der Waals surface area contributed by atoms with E-state index in [-0.39, 0.29) is 12.3 Å². The third-order valence-corrected chi connectivity index (χ3v) is 6.36. The van der Waals surface area contributed by atoms with Crippen LogP contribution in [0.1, 0.15) is 24.7 Å². The Morgan fingerprint density at radius 1 is 0.971 bits per heavy atom. The second-order valence-electron chi connectivity index (χ2n) is 7.73. The van der Waals surface area contributed by atoms with Gasteiger partial charge in [0.2, 0.25) is 5.91 Å². The Morgan fingerprint density at radius 3 is 2.24 bits per heavy atom. The van der Waals surface area contributed by atoms with E-state index in [0.717, 1.165) is 22.8 Å². The second kappa shape index (κ2) is 11.3. The first-order chi connectivity index (χ1) is 16.7. The van der Waals surface area contributed by atoms with E-state index in [4.69, 9.17) is 5.26 Å². The first-order valence-corrected chi connectivity index (χ1v) is 12.0. The largest absolute Gasteiger partial charge is 0.310 e. The maximum absolute atomic E-state index is 13.4. The molecule has 4 aromatic rings. The fourth-order valence-corrected chi connectivity index (χ4v) is 4.62. The van der Waals surface area contributed by atoms with Gasteiger partial charge in [0, 0.05) is 24.3 Å². The van der Waals surface area contributed by atoms with Crippen LogP contribution in [0.25, 0.3) is 5.69 Å². The van der Waals surface area contributed by atoms with E-state index >= 15 is 0 Å². The number of aromatic nitrogens is 3. The number of benzene rings is 3. The minimum atomic E-state index is -0.421. The van der Waals surface area contributed by atoms with Crippen molar-refractivity contribution in [3.63, 3.8) is 0 Å². The highest BCUT2D eigenvalue weighted by Crippen LogP contribution is 2.29. The summed E-state index contributed by atoms with van der Waals surface area (Å²) in [7, 11) is 0. The molecule has 0 spiro atoms. The minimum Gasteiger partial charge on any atom is -0.310 e. The van der Waals surface area contributed by atoms with Crippen molar-refractivity contribution in [2.24, 2.45) is 0 Å². The zero-order valence-electron chi connectivity index (χ0n) is 18.9. The van der Waals surface area contributed by atoms with Crippen LogP contribution < -0.4 is 4.90 Å². The lowest BCUT2D eigenvalue weighted by Crippen LogP contribution is -2.37. The Morgan fingerprint density at radius 2 is 1.59 bits per heavy atom. The zero-order chi connectivity index (χ0) is 23.8. The number of nitrogens with zero attached hydrogens (tertiary/aromatic N) is 5. The molecule has 170 valence electrons. The van der Waals surface area contributed by atoms with Crippen molar-refractivity contribution in [3.8, 4) is 11.8 Å². The summed E-state index contributed by atoms with van der Waals surface area (Å²) in [5, 5.41) is 18.3.